The molecule has 292 valence electrons. The van der Waals surface area contributed by atoms with Gasteiger partial charge in [-0.3, -0.25) is 28.2 Å². The highest BCUT2D eigenvalue weighted by atomic mass is 32.5. The highest BCUT2D eigenvalue weighted by molar-refractivity contribution is 8.09. The summed E-state index contributed by atoms with van der Waals surface area (Å²) in [6.45, 7) is -4.57. The molecule has 53 heavy (non-hydrogen) atoms. The Morgan fingerprint density at radius 1 is 0.962 bits per heavy atom. The van der Waals surface area contributed by atoms with Gasteiger partial charge in [0.15, 0.2) is 23.7 Å². The first kappa shape index (κ1) is 39.8. The second-order valence-corrected chi connectivity index (χ2v) is 17.9. The fourth-order valence-electron chi connectivity index (χ4n) is 5.61. The number of ether oxygens (including phenoxy) is 2. The molecule has 4 aromatic heterocycles. The first-order valence-electron chi connectivity index (χ1n) is 15.0. The van der Waals surface area contributed by atoms with Gasteiger partial charge in [0, 0.05) is 7.11 Å². The molecule has 0 saturated carbocycles. The van der Waals surface area contributed by atoms with Crippen molar-refractivity contribution in [3.05, 3.63) is 39.2 Å². The number of phosphoric ester groups is 1. The Morgan fingerprint density at radius 3 is 2.32 bits per heavy atom. The van der Waals surface area contributed by atoms with Crippen molar-refractivity contribution in [2.75, 3.05) is 26.1 Å². The summed E-state index contributed by atoms with van der Waals surface area (Å²) in [5.41, 5.74) is 4.49. The number of nitrogens with zero attached hydrogens (tertiary/aromatic N) is 6. The Bertz CT molecular complexity index is 2300. The van der Waals surface area contributed by atoms with E-state index in [1.807, 2.05) is 0 Å². The number of nitrogens with two attached hydrogens (primary N) is 1. The number of nitrogens with one attached hydrogen (secondary N) is 2. The van der Waals surface area contributed by atoms with Gasteiger partial charge >= 0.3 is 28.0 Å². The average Bonchev–Trinajstić information content (AvgIpc) is 3.78. The van der Waals surface area contributed by atoms with Gasteiger partial charge < -0.3 is 59.5 Å². The van der Waals surface area contributed by atoms with E-state index in [2.05, 4.69) is 29.2 Å². The van der Waals surface area contributed by atoms with Gasteiger partial charge in [-0.2, -0.15) is 4.31 Å². The van der Waals surface area contributed by atoms with Crippen molar-refractivity contribution in [3.63, 3.8) is 0 Å². The Balaban J connectivity index is 1.07. The third-order valence-electron chi connectivity index (χ3n) is 8.00. The lowest BCUT2D eigenvalue weighted by Crippen LogP contribution is -2.46. The van der Waals surface area contributed by atoms with E-state index in [0.717, 1.165) is 18.0 Å². The summed E-state index contributed by atoms with van der Waals surface area (Å²) < 4.78 is 64.7. The van der Waals surface area contributed by atoms with Crippen molar-refractivity contribution in [2.24, 2.45) is 7.05 Å². The predicted octanol–water partition coefficient (Wildman–Crippen LogP) is -3.05. The number of fused-ring (bicyclic) bond motifs is 2. The van der Waals surface area contributed by atoms with Gasteiger partial charge in [0.25, 0.3) is 17.1 Å². The van der Waals surface area contributed by atoms with Crippen LogP contribution in [0.2, 0.25) is 0 Å². The van der Waals surface area contributed by atoms with Crippen LogP contribution in [-0.4, -0.2) is 121 Å². The maximum Gasteiger partial charge on any atom is 0.488 e. The van der Waals surface area contributed by atoms with Crippen LogP contribution in [0.1, 0.15) is 18.3 Å². The molecule has 4 aromatic rings. The number of phosphoric acid groups is 2. The van der Waals surface area contributed by atoms with Gasteiger partial charge in [0.1, 0.15) is 42.4 Å². The summed E-state index contributed by atoms with van der Waals surface area (Å²) in [4.78, 5) is 62.0. The summed E-state index contributed by atoms with van der Waals surface area (Å²) in [6, 6.07) is 0. The van der Waals surface area contributed by atoms with Crippen LogP contribution in [0.3, 0.4) is 0 Å². The highest BCUT2D eigenvalue weighted by Gasteiger charge is 2.50. The Hall–Kier alpha value is -2.91. The maximum absolute atomic E-state index is 12.8. The van der Waals surface area contributed by atoms with Crippen LogP contribution < -0.4 is 21.4 Å². The zero-order valence-electron chi connectivity index (χ0n) is 27.4. The molecule has 26 nitrogen and oxygen atoms in total. The van der Waals surface area contributed by atoms with Crippen molar-refractivity contribution in [3.8, 4) is 0 Å². The number of H-pyrrole nitrogens is 2. The number of imidazole rings is 2. The first-order valence-corrected chi connectivity index (χ1v) is 20.5. The minimum Gasteiger partial charge on any atom is -0.387 e. The molecule has 0 aliphatic carbocycles. The zero-order chi connectivity index (χ0) is 38.8. The lowest BCUT2D eigenvalue weighted by molar-refractivity contribution is -0.745. The van der Waals surface area contributed by atoms with Gasteiger partial charge in [0.2, 0.25) is 11.7 Å². The van der Waals surface area contributed by atoms with Crippen molar-refractivity contribution < 1.29 is 75.6 Å². The summed E-state index contributed by atoms with van der Waals surface area (Å²) in [7, 11) is -8.78. The molecule has 2 fully saturated rings. The molecule has 2 aliphatic rings. The number of rotatable bonds is 13. The van der Waals surface area contributed by atoms with Crippen molar-refractivity contribution >= 4 is 62.4 Å². The number of aliphatic hydroxyl groups excluding tert-OH is 4. The molecule has 6 heterocycles. The van der Waals surface area contributed by atoms with E-state index in [1.165, 1.54) is 29.4 Å². The van der Waals surface area contributed by atoms with E-state index >= 15 is 0 Å². The summed E-state index contributed by atoms with van der Waals surface area (Å²) >= 11 is 5.08. The number of anilines is 1. The van der Waals surface area contributed by atoms with Gasteiger partial charge in [0.05, 0.1) is 26.6 Å². The van der Waals surface area contributed by atoms with E-state index in [1.54, 1.807) is 0 Å². The number of aliphatic hydroxyl groups is 4. The Morgan fingerprint density at radius 2 is 1.62 bits per heavy atom. The first-order chi connectivity index (χ1) is 24.7. The Kier molecular flexibility index (Phi) is 11.0. The topological polar surface area (TPSA) is 364 Å². The molecule has 2 aliphatic heterocycles. The molecule has 5 unspecified atom stereocenters. The lowest BCUT2D eigenvalue weighted by Gasteiger charge is -2.24. The number of aryl methyl sites for hydroxylation is 2. The molecule has 6 rings (SSSR count). The van der Waals surface area contributed by atoms with E-state index in [0.29, 0.717) is 0 Å². The van der Waals surface area contributed by atoms with E-state index < -0.39 is 95.8 Å². The lowest BCUT2D eigenvalue weighted by atomic mass is 10.1. The Labute approximate surface area is 300 Å². The molecule has 0 amide bonds. The third kappa shape index (κ3) is 7.94. The zero-order valence-corrected chi connectivity index (χ0v) is 30.9. The molecule has 0 bridgehead atoms. The SMILES string of the molecule is COP(=S)(OC[C@H]1O[C@@H]([n+]2cn(C)c3c(=O)[nH]c(N)nc32)[C@@H](O)C1O)OP(=O)(O)OP(=O)(O)OC[C@H]1O[C@@H](n2cnc3c(=O)[nH]c(C)nc32)[C@@H](O)C1O. The van der Waals surface area contributed by atoms with Crippen molar-refractivity contribution in [2.45, 2.75) is 56.0 Å². The molecule has 0 spiro atoms. The van der Waals surface area contributed by atoms with Crippen LogP contribution in [0, 0.1) is 6.92 Å². The monoisotopic (exact) mass is 832 g/mol. The molecule has 30 heteroatoms. The van der Waals surface area contributed by atoms with Crippen LogP contribution in [-0.2, 0) is 59.7 Å². The fraction of sp³-hybridized carbons (Fsp3) is 0.565. The quantitative estimate of drug-likeness (QED) is 0.0477. The molecule has 10 N–H and O–H groups in total. The maximum atomic E-state index is 12.8. The number of hydrogen-bond donors (Lipinski definition) is 9. The van der Waals surface area contributed by atoms with Crippen LogP contribution in [0.5, 0.6) is 0 Å². The predicted molar refractivity (Wildman–Crippen MR) is 176 cm³/mol. The molecule has 2 saturated heterocycles. The molecular weight excluding hydrogens is 799 g/mol. The second kappa shape index (κ2) is 14.6. The van der Waals surface area contributed by atoms with E-state index in [4.69, 9.17) is 44.9 Å². The smallest absolute Gasteiger partial charge is 0.387 e. The normalized spacial score (nSPS) is 29.8. The van der Waals surface area contributed by atoms with Crippen LogP contribution >= 0.6 is 22.4 Å². The summed E-state index contributed by atoms with van der Waals surface area (Å²) in [5.74, 6) is -0.0157. The fourth-order valence-corrected chi connectivity index (χ4v) is 10.4. The van der Waals surface area contributed by atoms with E-state index in [-0.39, 0.29) is 34.1 Å². The van der Waals surface area contributed by atoms with Gasteiger partial charge in [-0.1, -0.05) is 4.98 Å². The highest BCUT2D eigenvalue weighted by Crippen LogP contribution is 2.69. The number of aromatic amines is 2. The van der Waals surface area contributed by atoms with Crippen molar-refractivity contribution in [1.82, 2.24) is 34.1 Å². The minimum atomic E-state index is -5.67. The number of aromatic nitrogens is 8. The second-order valence-electron chi connectivity index (χ2n) is 11.6. The largest absolute Gasteiger partial charge is 0.488 e. The molecule has 0 radical (unpaired) electrons. The summed E-state index contributed by atoms with van der Waals surface area (Å²) in [5, 5.41) is 42.6. The molecule has 0 aromatic carbocycles. The van der Waals surface area contributed by atoms with Gasteiger partial charge in [-0.15, -0.1) is 0 Å². The summed E-state index contributed by atoms with van der Waals surface area (Å²) in [6.07, 6.45) is -9.87. The number of nitrogen functional groups attached to an aromatic ring is 1. The molecular formula is C23H33N9O17P3S+. The van der Waals surface area contributed by atoms with Crippen molar-refractivity contribution in [1.29, 1.82) is 0 Å². The standard InChI is InChI=1S/C23H32N9O17P3S/c1-8-26-17-11(19(37)27-8)25-6-31(17)21-15(35)13(33)9(46-21)4-44-50(39,40)48-51(41,42)49-52(53,43-3)45-5-10-14(34)16(36)22(47-10)32-7-30(2)12-18(32)28-23(24)29-20(12)38/h6-7,9-10,13-16,21-22,33-36H,4-5H2,1-3H3,(H5-,24,26,27,28,29,37,38,39,40,41,42)/p+1/t9-,10-,13?,14?,15+,16+,21-,22-,52?/m1/s1. The van der Waals surface area contributed by atoms with Crippen LogP contribution in [0.15, 0.2) is 22.2 Å². The third-order valence-corrected chi connectivity index (χ3v) is 14.0. The van der Waals surface area contributed by atoms with Gasteiger partial charge in [-0.05, 0) is 18.7 Å². The average molecular weight is 833 g/mol. The van der Waals surface area contributed by atoms with Crippen LogP contribution in [0.4, 0.5) is 5.95 Å². The van der Waals surface area contributed by atoms with E-state index in [9.17, 15) is 48.9 Å². The minimum absolute atomic E-state index is 0.00380. The molecule has 11 atom stereocenters. The van der Waals surface area contributed by atoms with Crippen LogP contribution in [0.25, 0.3) is 22.3 Å². The van der Waals surface area contributed by atoms with Gasteiger partial charge in [-0.25, -0.2) is 28.0 Å². The number of hydrogen-bond acceptors (Lipinski definition) is 20.